The highest BCUT2D eigenvalue weighted by Gasteiger charge is 2.53. The molecule has 0 saturated carbocycles. The summed E-state index contributed by atoms with van der Waals surface area (Å²) in [5.41, 5.74) is 1.42. The van der Waals surface area contributed by atoms with Crippen LogP contribution in [0.15, 0.2) is 24.3 Å². The molecule has 0 unspecified atom stereocenters. The zero-order valence-electron chi connectivity index (χ0n) is 14.4. The third-order valence-electron chi connectivity index (χ3n) is 4.58. The van der Waals surface area contributed by atoms with Crippen LogP contribution < -0.4 is 5.32 Å². The quantitative estimate of drug-likeness (QED) is 0.789. The fourth-order valence-electron chi connectivity index (χ4n) is 3.22. The topological polar surface area (TPSA) is 99.5 Å². The summed E-state index contributed by atoms with van der Waals surface area (Å²) in [6.45, 7) is 1.55. The molecule has 2 heterocycles. The lowest BCUT2D eigenvalue weighted by molar-refractivity contribution is -0.155. The molecule has 26 heavy (non-hydrogen) atoms. The van der Waals surface area contributed by atoms with Crippen LogP contribution in [0, 0.1) is 11.3 Å². The van der Waals surface area contributed by atoms with Crippen molar-refractivity contribution >= 4 is 35.2 Å². The molecule has 7 nitrogen and oxygen atoms in total. The van der Waals surface area contributed by atoms with Crippen LogP contribution in [0.3, 0.4) is 0 Å². The number of thioether (sulfide) groups is 1. The molecule has 1 aromatic carbocycles. The number of rotatable bonds is 5. The predicted octanol–water partition coefficient (Wildman–Crippen LogP) is 1.69. The molecule has 1 aromatic rings. The number of nitrogens with zero attached hydrogens (tertiary/aromatic N) is 2. The number of esters is 1. The SMILES string of the molecule is C[C@@]12CCC(=O)N1[C@@H](C(=O)OCC(=O)Nc1ccc(CC#N)cc1)CS2. The number of ether oxygens (including phenoxy) is 1. The number of anilines is 1. The van der Waals surface area contributed by atoms with Gasteiger partial charge in [0.25, 0.3) is 5.91 Å². The summed E-state index contributed by atoms with van der Waals surface area (Å²) in [6.07, 6.45) is 1.47. The molecule has 2 amide bonds. The number of nitrogens with one attached hydrogen (secondary N) is 1. The Morgan fingerprint density at radius 3 is 2.85 bits per heavy atom. The molecule has 8 heteroatoms. The Morgan fingerprint density at radius 2 is 2.15 bits per heavy atom. The van der Waals surface area contributed by atoms with Crippen LogP contribution in [-0.2, 0) is 25.5 Å². The fraction of sp³-hybridized carbons (Fsp3) is 0.444. The molecule has 1 N–H and O–H groups in total. The van der Waals surface area contributed by atoms with E-state index in [2.05, 4.69) is 11.4 Å². The fourth-order valence-corrected chi connectivity index (χ4v) is 4.64. The van der Waals surface area contributed by atoms with Crippen molar-refractivity contribution in [1.82, 2.24) is 4.90 Å². The zero-order valence-corrected chi connectivity index (χ0v) is 15.2. The second-order valence-electron chi connectivity index (χ2n) is 6.45. The van der Waals surface area contributed by atoms with Gasteiger partial charge in [-0.25, -0.2) is 4.79 Å². The maximum atomic E-state index is 12.3. The van der Waals surface area contributed by atoms with Gasteiger partial charge in [-0.05, 0) is 31.0 Å². The predicted molar refractivity (Wildman–Crippen MR) is 96.1 cm³/mol. The summed E-state index contributed by atoms with van der Waals surface area (Å²) in [5, 5.41) is 11.3. The van der Waals surface area contributed by atoms with Gasteiger partial charge in [-0.15, -0.1) is 11.8 Å². The number of carbonyl (C=O) groups is 3. The van der Waals surface area contributed by atoms with E-state index in [1.165, 1.54) is 0 Å². The van der Waals surface area contributed by atoms with E-state index in [-0.39, 0.29) is 10.8 Å². The number of carbonyl (C=O) groups excluding carboxylic acids is 3. The summed E-state index contributed by atoms with van der Waals surface area (Å²) in [7, 11) is 0. The van der Waals surface area contributed by atoms with Gasteiger partial charge < -0.3 is 15.0 Å². The van der Waals surface area contributed by atoms with Crippen LogP contribution in [0.25, 0.3) is 0 Å². The van der Waals surface area contributed by atoms with Gasteiger partial charge in [-0.2, -0.15) is 5.26 Å². The standard InChI is InChI=1S/C18H19N3O4S/c1-18-8-6-16(23)21(18)14(11-26-18)17(24)25-10-15(22)20-13-4-2-12(3-5-13)7-9-19/h2-5,14H,6-8,10-11H2,1H3,(H,20,22)/t14-,18-/m1/s1. The van der Waals surface area contributed by atoms with Crippen LogP contribution >= 0.6 is 11.8 Å². The van der Waals surface area contributed by atoms with E-state index in [0.717, 1.165) is 12.0 Å². The van der Waals surface area contributed by atoms with Gasteiger partial charge in [-0.1, -0.05) is 12.1 Å². The van der Waals surface area contributed by atoms with Crippen molar-refractivity contribution in [3.63, 3.8) is 0 Å². The molecule has 2 fully saturated rings. The summed E-state index contributed by atoms with van der Waals surface area (Å²) < 4.78 is 5.12. The maximum Gasteiger partial charge on any atom is 0.330 e. The van der Waals surface area contributed by atoms with E-state index >= 15 is 0 Å². The lowest BCUT2D eigenvalue weighted by Crippen LogP contribution is -2.47. The Morgan fingerprint density at radius 1 is 1.42 bits per heavy atom. The molecule has 0 aliphatic carbocycles. The minimum Gasteiger partial charge on any atom is -0.454 e. The normalized spacial score (nSPS) is 24.1. The van der Waals surface area contributed by atoms with Crippen molar-refractivity contribution in [1.29, 1.82) is 5.26 Å². The third kappa shape index (κ3) is 3.68. The van der Waals surface area contributed by atoms with Crippen LogP contribution in [-0.4, -0.2) is 46.0 Å². The molecule has 0 spiro atoms. The Balaban J connectivity index is 1.51. The van der Waals surface area contributed by atoms with Gasteiger partial charge in [-0.3, -0.25) is 9.59 Å². The van der Waals surface area contributed by atoms with Crippen molar-refractivity contribution in [2.75, 3.05) is 17.7 Å². The van der Waals surface area contributed by atoms with E-state index in [1.807, 2.05) is 6.92 Å². The Kier molecular flexibility index (Phi) is 5.18. The van der Waals surface area contributed by atoms with Crippen molar-refractivity contribution < 1.29 is 19.1 Å². The second-order valence-corrected chi connectivity index (χ2v) is 7.95. The smallest absolute Gasteiger partial charge is 0.330 e. The van der Waals surface area contributed by atoms with E-state index < -0.39 is 24.5 Å². The molecule has 136 valence electrons. The summed E-state index contributed by atoms with van der Waals surface area (Å²) in [5.74, 6) is -0.548. The third-order valence-corrected chi connectivity index (χ3v) is 6.09. The highest BCUT2D eigenvalue weighted by atomic mass is 32.2. The van der Waals surface area contributed by atoms with Crippen LogP contribution in [0.5, 0.6) is 0 Å². The Bertz CT molecular complexity index is 774. The molecule has 2 saturated heterocycles. The molecule has 2 atom stereocenters. The average molecular weight is 373 g/mol. The van der Waals surface area contributed by atoms with Crippen molar-refractivity contribution in [3.8, 4) is 6.07 Å². The second kappa shape index (κ2) is 7.38. The first-order valence-electron chi connectivity index (χ1n) is 8.31. The van der Waals surface area contributed by atoms with E-state index in [9.17, 15) is 14.4 Å². The zero-order chi connectivity index (χ0) is 18.7. The molecule has 2 aliphatic heterocycles. The number of nitriles is 1. The molecule has 3 rings (SSSR count). The van der Waals surface area contributed by atoms with Gasteiger partial charge in [0.1, 0.15) is 6.04 Å². The Hall–Kier alpha value is -2.53. The first kappa shape index (κ1) is 18.3. The molecule has 0 radical (unpaired) electrons. The highest BCUT2D eigenvalue weighted by molar-refractivity contribution is 8.01. The van der Waals surface area contributed by atoms with E-state index in [1.54, 1.807) is 40.9 Å². The van der Waals surface area contributed by atoms with Crippen LogP contribution in [0.1, 0.15) is 25.3 Å². The number of hydrogen-bond donors (Lipinski definition) is 1. The van der Waals surface area contributed by atoms with Gasteiger partial charge in [0, 0.05) is 17.9 Å². The number of fused-ring (bicyclic) bond motifs is 1. The number of amides is 2. The van der Waals surface area contributed by atoms with Crippen molar-refractivity contribution in [2.45, 2.75) is 37.1 Å². The maximum absolute atomic E-state index is 12.3. The van der Waals surface area contributed by atoms with Gasteiger partial charge >= 0.3 is 5.97 Å². The lowest BCUT2D eigenvalue weighted by Gasteiger charge is -2.29. The summed E-state index contributed by atoms with van der Waals surface area (Å²) >= 11 is 1.58. The first-order chi connectivity index (χ1) is 12.4. The van der Waals surface area contributed by atoms with Crippen LogP contribution in [0.2, 0.25) is 0 Å². The monoisotopic (exact) mass is 373 g/mol. The largest absolute Gasteiger partial charge is 0.454 e. The lowest BCUT2D eigenvalue weighted by atomic mass is 10.1. The van der Waals surface area contributed by atoms with E-state index in [4.69, 9.17) is 10.00 Å². The summed E-state index contributed by atoms with van der Waals surface area (Å²) in [4.78, 5) is 37.6. The highest BCUT2D eigenvalue weighted by Crippen LogP contribution is 2.47. The van der Waals surface area contributed by atoms with Gasteiger partial charge in [0.05, 0.1) is 17.4 Å². The van der Waals surface area contributed by atoms with Gasteiger partial charge in [0.2, 0.25) is 5.91 Å². The molecular formula is C18H19N3O4S. The molecular weight excluding hydrogens is 354 g/mol. The molecule has 2 aliphatic rings. The molecule has 0 aromatic heterocycles. The summed E-state index contributed by atoms with van der Waals surface area (Å²) in [6, 6.07) is 8.30. The first-order valence-corrected chi connectivity index (χ1v) is 9.30. The Labute approximate surface area is 155 Å². The number of hydrogen-bond acceptors (Lipinski definition) is 6. The minimum atomic E-state index is -0.627. The average Bonchev–Trinajstić information content (AvgIpc) is 3.11. The van der Waals surface area contributed by atoms with Crippen molar-refractivity contribution in [3.05, 3.63) is 29.8 Å². The van der Waals surface area contributed by atoms with Gasteiger partial charge in [0.15, 0.2) is 6.61 Å². The number of benzene rings is 1. The van der Waals surface area contributed by atoms with E-state index in [0.29, 0.717) is 24.3 Å². The van der Waals surface area contributed by atoms with Crippen LogP contribution in [0.4, 0.5) is 5.69 Å². The molecule has 0 bridgehead atoms. The van der Waals surface area contributed by atoms with Crippen molar-refractivity contribution in [2.24, 2.45) is 0 Å². The minimum absolute atomic E-state index is 0.0404.